The van der Waals surface area contributed by atoms with Crippen molar-refractivity contribution in [2.45, 2.75) is 11.0 Å². The number of nitrogens with one attached hydrogen (secondary N) is 1. The molecule has 0 saturated heterocycles. The highest BCUT2D eigenvalue weighted by atomic mass is 35.5. The molecule has 19 heavy (non-hydrogen) atoms. The molecule has 0 aliphatic heterocycles. The SMILES string of the molecule is N#Cc1ccc(S(=O)(=O)NCC(O)C(=O)O)c(Cl)c1. The third-order valence-electron chi connectivity index (χ3n) is 2.10. The highest BCUT2D eigenvalue weighted by Crippen LogP contribution is 2.22. The van der Waals surface area contributed by atoms with Gasteiger partial charge in [-0.3, -0.25) is 0 Å². The molecule has 0 amide bonds. The maximum Gasteiger partial charge on any atom is 0.333 e. The number of aliphatic carboxylic acids is 1. The second kappa shape index (κ2) is 5.99. The number of hydrogen-bond donors (Lipinski definition) is 3. The van der Waals surface area contributed by atoms with Gasteiger partial charge in [0, 0.05) is 6.54 Å². The number of rotatable bonds is 5. The molecule has 0 bridgehead atoms. The minimum atomic E-state index is -4.06. The lowest BCUT2D eigenvalue weighted by atomic mass is 10.2. The van der Waals surface area contributed by atoms with E-state index in [2.05, 4.69) is 0 Å². The number of sulfonamides is 1. The summed E-state index contributed by atoms with van der Waals surface area (Å²) in [6.45, 7) is -0.687. The Morgan fingerprint density at radius 1 is 1.53 bits per heavy atom. The predicted octanol–water partition coefficient (Wildman–Crippen LogP) is -0.0645. The Hall–Kier alpha value is -1.66. The summed E-state index contributed by atoms with van der Waals surface area (Å²) < 4.78 is 25.5. The third kappa shape index (κ3) is 3.90. The number of carboxylic acids is 1. The fourth-order valence-corrected chi connectivity index (χ4v) is 2.72. The van der Waals surface area contributed by atoms with Gasteiger partial charge >= 0.3 is 5.97 Å². The van der Waals surface area contributed by atoms with E-state index in [9.17, 15) is 13.2 Å². The second-order valence-electron chi connectivity index (χ2n) is 3.46. The van der Waals surface area contributed by atoms with Crippen molar-refractivity contribution >= 4 is 27.6 Å². The van der Waals surface area contributed by atoms with Gasteiger partial charge in [-0.15, -0.1) is 0 Å². The number of nitriles is 1. The number of nitrogens with zero attached hydrogens (tertiary/aromatic N) is 1. The van der Waals surface area contributed by atoms with Crippen LogP contribution in [0.3, 0.4) is 0 Å². The number of aliphatic hydroxyl groups is 1. The molecule has 1 aromatic rings. The van der Waals surface area contributed by atoms with Gasteiger partial charge in [0.05, 0.1) is 16.7 Å². The van der Waals surface area contributed by atoms with Crippen LogP contribution in [0.25, 0.3) is 0 Å². The van der Waals surface area contributed by atoms with Crippen LogP contribution >= 0.6 is 11.6 Å². The Morgan fingerprint density at radius 2 is 2.16 bits per heavy atom. The molecule has 0 saturated carbocycles. The van der Waals surface area contributed by atoms with E-state index in [1.165, 1.54) is 12.1 Å². The molecule has 0 aliphatic rings. The van der Waals surface area contributed by atoms with E-state index in [1.807, 2.05) is 4.72 Å². The Kier molecular flexibility index (Phi) is 4.85. The smallest absolute Gasteiger partial charge is 0.333 e. The summed E-state index contributed by atoms with van der Waals surface area (Å²) in [5.41, 5.74) is 0.189. The predicted molar refractivity (Wildman–Crippen MR) is 65.0 cm³/mol. The number of aliphatic hydroxyl groups excluding tert-OH is 1. The van der Waals surface area contributed by atoms with Crippen molar-refractivity contribution in [1.82, 2.24) is 4.72 Å². The summed E-state index contributed by atoms with van der Waals surface area (Å²) in [7, 11) is -4.06. The molecule has 1 rings (SSSR count). The molecule has 0 aromatic heterocycles. The highest BCUT2D eigenvalue weighted by molar-refractivity contribution is 7.89. The maximum atomic E-state index is 11.8. The number of carbonyl (C=O) groups is 1. The van der Waals surface area contributed by atoms with Crippen molar-refractivity contribution in [3.63, 3.8) is 0 Å². The summed E-state index contributed by atoms with van der Waals surface area (Å²) in [5, 5.41) is 25.9. The molecule has 0 radical (unpaired) electrons. The number of benzene rings is 1. The second-order valence-corrected chi connectivity index (χ2v) is 5.61. The number of halogens is 1. The molecule has 0 spiro atoms. The Bertz CT molecular complexity index is 638. The van der Waals surface area contributed by atoms with Crippen molar-refractivity contribution in [2.75, 3.05) is 6.54 Å². The van der Waals surface area contributed by atoms with Crippen LogP contribution in [0.2, 0.25) is 5.02 Å². The molecule has 3 N–H and O–H groups in total. The van der Waals surface area contributed by atoms with Crippen LogP contribution in [0.5, 0.6) is 0 Å². The van der Waals surface area contributed by atoms with Crippen LogP contribution in [-0.2, 0) is 14.8 Å². The molecule has 0 heterocycles. The lowest BCUT2D eigenvalue weighted by molar-refractivity contribution is -0.146. The summed E-state index contributed by atoms with van der Waals surface area (Å²) in [4.78, 5) is 10.1. The molecule has 1 unspecified atom stereocenters. The lowest BCUT2D eigenvalue weighted by Crippen LogP contribution is -2.36. The van der Waals surface area contributed by atoms with Gasteiger partial charge in [-0.2, -0.15) is 5.26 Å². The minimum absolute atomic E-state index is 0.170. The standard InChI is InChI=1S/C10H9ClN2O5S/c11-7-3-6(4-12)1-2-9(7)19(17,18)13-5-8(14)10(15)16/h1-3,8,13-14H,5H2,(H,15,16). The third-order valence-corrected chi connectivity index (χ3v) is 4.01. The zero-order valence-electron chi connectivity index (χ0n) is 9.37. The van der Waals surface area contributed by atoms with Crippen molar-refractivity contribution in [1.29, 1.82) is 5.26 Å². The van der Waals surface area contributed by atoms with E-state index in [4.69, 9.17) is 27.1 Å². The average molecular weight is 305 g/mol. The zero-order chi connectivity index (χ0) is 14.6. The van der Waals surface area contributed by atoms with Crippen LogP contribution in [0.15, 0.2) is 23.1 Å². The summed E-state index contributed by atoms with van der Waals surface area (Å²) >= 11 is 5.72. The first kappa shape index (κ1) is 15.4. The van der Waals surface area contributed by atoms with Gasteiger partial charge in [0.15, 0.2) is 6.10 Å². The summed E-state index contributed by atoms with van der Waals surface area (Å²) in [5.74, 6) is -1.55. The molecule has 0 fully saturated rings. The van der Waals surface area contributed by atoms with Crippen molar-refractivity contribution < 1.29 is 23.4 Å². The van der Waals surface area contributed by atoms with Gasteiger partial charge in [0.2, 0.25) is 10.0 Å². The topological polar surface area (TPSA) is 127 Å². The number of carboxylic acid groups (broad SMARTS) is 1. The molecular weight excluding hydrogens is 296 g/mol. The molecule has 1 aromatic carbocycles. The normalized spacial score (nSPS) is 12.7. The van der Waals surface area contributed by atoms with Gasteiger partial charge in [-0.05, 0) is 18.2 Å². The van der Waals surface area contributed by atoms with E-state index in [0.717, 1.165) is 6.07 Å². The Labute approximate surface area is 114 Å². The first-order chi connectivity index (χ1) is 8.77. The number of hydrogen-bond acceptors (Lipinski definition) is 5. The molecule has 1 atom stereocenters. The zero-order valence-corrected chi connectivity index (χ0v) is 10.9. The average Bonchev–Trinajstić information content (AvgIpc) is 2.35. The first-order valence-corrected chi connectivity index (χ1v) is 6.74. The first-order valence-electron chi connectivity index (χ1n) is 4.88. The van der Waals surface area contributed by atoms with E-state index in [0.29, 0.717) is 0 Å². The van der Waals surface area contributed by atoms with Crippen LogP contribution < -0.4 is 4.72 Å². The summed E-state index contributed by atoms with van der Waals surface area (Å²) in [6.07, 6.45) is -1.85. The Morgan fingerprint density at radius 3 is 2.63 bits per heavy atom. The van der Waals surface area contributed by atoms with E-state index < -0.39 is 28.6 Å². The van der Waals surface area contributed by atoms with Gasteiger partial charge in [0.25, 0.3) is 0 Å². The maximum absolute atomic E-state index is 11.8. The molecule has 0 aliphatic carbocycles. The molecule has 102 valence electrons. The monoisotopic (exact) mass is 304 g/mol. The van der Waals surface area contributed by atoms with Crippen LogP contribution in [0.4, 0.5) is 0 Å². The van der Waals surface area contributed by atoms with E-state index >= 15 is 0 Å². The fraction of sp³-hybridized carbons (Fsp3) is 0.200. The Balaban J connectivity index is 2.96. The van der Waals surface area contributed by atoms with Gasteiger partial charge < -0.3 is 10.2 Å². The van der Waals surface area contributed by atoms with Crippen molar-refractivity contribution in [3.05, 3.63) is 28.8 Å². The summed E-state index contributed by atoms with van der Waals surface area (Å²) in [6, 6.07) is 5.34. The minimum Gasteiger partial charge on any atom is -0.479 e. The quantitative estimate of drug-likeness (QED) is 0.699. The van der Waals surface area contributed by atoms with Gasteiger partial charge in [-0.1, -0.05) is 11.6 Å². The lowest BCUT2D eigenvalue weighted by Gasteiger charge is -2.10. The van der Waals surface area contributed by atoms with Crippen molar-refractivity contribution in [2.24, 2.45) is 0 Å². The van der Waals surface area contributed by atoms with Crippen molar-refractivity contribution in [3.8, 4) is 6.07 Å². The van der Waals surface area contributed by atoms with Gasteiger partial charge in [-0.25, -0.2) is 17.9 Å². The molecule has 7 nitrogen and oxygen atoms in total. The largest absolute Gasteiger partial charge is 0.479 e. The molecule has 9 heteroatoms. The van der Waals surface area contributed by atoms with Gasteiger partial charge in [0.1, 0.15) is 4.90 Å². The highest BCUT2D eigenvalue weighted by Gasteiger charge is 2.21. The van der Waals surface area contributed by atoms with Crippen LogP contribution in [-0.4, -0.2) is 37.2 Å². The van der Waals surface area contributed by atoms with E-state index in [1.54, 1.807) is 6.07 Å². The van der Waals surface area contributed by atoms with E-state index in [-0.39, 0.29) is 15.5 Å². The fourth-order valence-electron chi connectivity index (χ4n) is 1.14. The van der Waals surface area contributed by atoms with Crippen LogP contribution in [0.1, 0.15) is 5.56 Å². The van der Waals surface area contributed by atoms with Crippen LogP contribution in [0, 0.1) is 11.3 Å². The molecular formula is C10H9ClN2O5S.